The fourth-order valence-electron chi connectivity index (χ4n) is 3.59. The van der Waals surface area contributed by atoms with E-state index in [2.05, 4.69) is 31.2 Å². The van der Waals surface area contributed by atoms with Crippen molar-refractivity contribution in [1.82, 2.24) is 20.0 Å². The molecule has 1 unspecified atom stereocenters. The van der Waals surface area contributed by atoms with Crippen LogP contribution in [0.1, 0.15) is 54.7 Å². The Kier molecular flexibility index (Phi) is 5.81. The van der Waals surface area contributed by atoms with Gasteiger partial charge in [-0.25, -0.2) is 0 Å². The topological polar surface area (TPSA) is 63.3 Å². The third-order valence-corrected chi connectivity index (χ3v) is 4.98. The molecule has 6 heteroatoms. The van der Waals surface area contributed by atoms with Crippen LogP contribution in [0.25, 0.3) is 0 Å². The molecule has 0 fully saturated rings. The van der Waals surface area contributed by atoms with Crippen LogP contribution in [-0.4, -0.2) is 40.2 Å². The van der Waals surface area contributed by atoms with Crippen LogP contribution >= 0.6 is 0 Å². The Morgan fingerprint density at radius 1 is 1.50 bits per heavy atom. The van der Waals surface area contributed by atoms with Crippen LogP contribution in [0.15, 0.2) is 22.8 Å². The highest BCUT2D eigenvalue weighted by Crippen LogP contribution is 2.26. The third kappa shape index (κ3) is 4.01. The van der Waals surface area contributed by atoms with Crippen molar-refractivity contribution in [2.45, 2.75) is 59.2 Å². The molecule has 1 aliphatic carbocycles. The lowest BCUT2D eigenvalue weighted by molar-refractivity contribution is 0.0767. The summed E-state index contributed by atoms with van der Waals surface area (Å²) in [6, 6.07) is 4.14. The Morgan fingerprint density at radius 3 is 2.96 bits per heavy atom. The van der Waals surface area contributed by atoms with Crippen LogP contribution in [-0.2, 0) is 25.9 Å². The number of nitrogens with one attached hydrogen (secondary N) is 1. The number of furan rings is 1. The Labute approximate surface area is 155 Å². The van der Waals surface area contributed by atoms with Gasteiger partial charge in [0, 0.05) is 30.9 Å². The molecule has 1 N–H and O–H groups in total. The summed E-state index contributed by atoms with van der Waals surface area (Å²) in [5, 5.41) is 8.30. The molecule has 6 nitrogen and oxygen atoms in total. The van der Waals surface area contributed by atoms with Gasteiger partial charge in [0.05, 0.1) is 12.8 Å². The molecule has 2 aromatic heterocycles. The molecule has 0 aromatic carbocycles. The van der Waals surface area contributed by atoms with Gasteiger partial charge in [0.15, 0.2) is 5.69 Å². The molecule has 0 spiro atoms. The first-order chi connectivity index (χ1) is 12.5. The van der Waals surface area contributed by atoms with E-state index in [1.54, 1.807) is 18.2 Å². The highest BCUT2D eigenvalue weighted by Gasteiger charge is 2.30. The van der Waals surface area contributed by atoms with Crippen molar-refractivity contribution < 1.29 is 9.21 Å². The molecule has 2 aromatic rings. The number of aryl methyl sites for hydroxylation is 1. The summed E-state index contributed by atoms with van der Waals surface area (Å²) in [7, 11) is 1.81. The van der Waals surface area contributed by atoms with Crippen molar-refractivity contribution in [1.29, 1.82) is 0 Å². The fraction of sp³-hybridized carbons (Fsp3) is 0.600. The zero-order valence-electron chi connectivity index (χ0n) is 16.3. The number of amides is 1. The molecule has 1 aliphatic rings. The predicted octanol–water partition coefficient (Wildman–Crippen LogP) is 2.87. The minimum atomic E-state index is -0.0330. The van der Waals surface area contributed by atoms with Gasteiger partial charge >= 0.3 is 0 Å². The van der Waals surface area contributed by atoms with Crippen molar-refractivity contribution in [3.8, 4) is 0 Å². The summed E-state index contributed by atoms with van der Waals surface area (Å²) in [4.78, 5) is 14.7. The summed E-state index contributed by atoms with van der Waals surface area (Å²) in [5.41, 5.74) is 2.95. The number of fused-ring (bicyclic) bond motifs is 1. The number of nitrogens with zero attached hydrogens (tertiary/aromatic N) is 3. The van der Waals surface area contributed by atoms with Gasteiger partial charge in [-0.2, -0.15) is 5.10 Å². The Hall–Kier alpha value is -2.08. The molecule has 1 amide bonds. The number of hydrogen-bond donors (Lipinski definition) is 1. The van der Waals surface area contributed by atoms with Crippen molar-refractivity contribution in [2.75, 3.05) is 13.6 Å². The molecule has 0 aliphatic heterocycles. The van der Waals surface area contributed by atoms with Crippen molar-refractivity contribution in [3.05, 3.63) is 41.1 Å². The lowest BCUT2D eigenvalue weighted by Crippen LogP contribution is -2.37. The normalized spacial score (nSPS) is 16.7. The van der Waals surface area contributed by atoms with Gasteiger partial charge in [-0.3, -0.25) is 9.48 Å². The van der Waals surface area contributed by atoms with Gasteiger partial charge in [-0.05, 0) is 50.8 Å². The van der Waals surface area contributed by atoms with Crippen LogP contribution in [0.3, 0.4) is 0 Å². The number of hydrogen-bond acceptors (Lipinski definition) is 4. The smallest absolute Gasteiger partial charge is 0.274 e. The lowest BCUT2D eigenvalue weighted by Gasteiger charge is -2.25. The maximum atomic E-state index is 13.0. The van der Waals surface area contributed by atoms with Crippen LogP contribution in [0.2, 0.25) is 0 Å². The van der Waals surface area contributed by atoms with Gasteiger partial charge in [0.2, 0.25) is 0 Å². The molecule has 0 radical (unpaired) electrons. The summed E-state index contributed by atoms with van der Waals surface area (Å²) >= 11 is 0. The van der Waals surface area contributed by atoms with Gasteiger partial charge in [0.25, 0.3) is 5.91 Å². The zero-order chi connectivity index (χ0) is 18.7. The Morgan fingerprint density at radius 2 is 2.31 bits per heavy atom. The molecule has 0 saturated heterocycles. The highest BCUT2D eigenvalue weighted by atomic mass is 16.3. The first kappa shape index (κ1) is 18.7. The number of aromatic nitrogens is 2. The van der Waals surface area contributed by atoms with E-state index in [0.29, 0.717) is 24.2 Å². The number of rotatable bonds is 7. The zero-order valence-corrected chi connectivity index (χ0v) is 16.3. The number of carbonyl (C=O) groups is 1. The highest BCUT2D eigenvalue weighted by molar-refractivity contribution is 5.94. The molecule has 26 heavy (non-hydrogen) atoms. The van der Waals surface area contributed by atoms with Crippen LogP contribution in [0.5, 0.6) is 0 Å². The van der Waals surface area contributed by atoms with Crippen molar-refractivity contribution >= 4 is 5.91 Å². The molecule has 2 heterocycles. The predicted molar refractivity (Wildman–Crippen MR) is 101 cm³/mol. The van der Waals surface area contributed by atoms with Gasteiger partial charge in [0.1, 0.15) is 5.76 Å². The summed E-state index contributed by atoms with van der Waals surface area (Å²) in [6.45, 7) is 8.76. The maximum absolute atomic E-state index is 13.0. The quantitative estimate of drug-likeness (QED) is 0.827. The van der Waals surface area contributed by atoms with E-state index in [4.69, 9.17) is 4.42 Å². The third-order valence-electron chi connectivity index (χ3n) is 4.98. The molecule has 142 valence electrons. The van der Waals surface area contributed by atoms with E-state index in [1.165, 1.54) is 5.69 Å². The average Bonchev–Trinajstić information content (AvgIpc) is 3.26. The van der Waals surface area contributed by atoms with Crippen molar-refractivity contribution in [2.24, 2.45) is 5.92 Å². The summed E-state index contributed by atoms with van der Waals surface area (Å²) in [5.74, 6) is 1.37. The average molecular weight is 358 g/mol. The summed E-state index contributed by atoms with van der Waals surface area (Å²) < 4.78 is 7.37. The number of carbonyl (C=O) groups excluding carboxylic acids is 1. The van der Waals surface area contributed by atoms with Crippen LogP contribution < -0.4 is 5.32 Å². The van der Waals surface area contributed by atoms with E-state index in [-0.39, 0.29) is 5.91 Å². The maximum Gasteiger partial charge on any atom is 0.274 e. The van der Waals surface area contributed by atoms with E-state index in [1.807, 2.05) is 16.8 Å². The van der Waals surface area contributed by atoms with E-state index in [0.717, 1.165) is 43.7 Å². The second-order valence-electron chi connectivity index (χ2n) is 7.57. The van der Waals surface area contributed by atoms with Gasteiger partial charge in [-0.1, -0.05) is 13.8 Å². The lowest BCUT2D eigenvalue weighted by atomic mass is 9.90. The first-order valence-corrected chi connectivity index (χ1v) is 9.59. The van der Waals surface area contributed by atoms with E-state index < -0.39 is 0 Å². The monoisotopic (exact) mass is 358 g/mol. The minimum absolute atomic E-state index is 0.0330. The van der Waals surface area contributed by atoms with Gasteiger partial charge < -0.3 is 14.6 Å². The molecule has 3 rings (SSSR count). The second-order valence-corrected chi connectivity index (χ2v) is 7.57. The molecule has 1 atom stereocenters. The SMILES string of the molecule is CCn1nc(C(=O)N(C)Cc2ccco2)c2c1CCC(NCC(C)C)C2. The van der Waals surface area contributed by atoms with Crippen LogP contribution in [0, 0.1) is 5.92 Å². The Bertz CT molecular complexity index is 733. The van der Waals surface area contributed by atoms with Gasteiger partial charge in [-0.15, -0.1) is 0 Å². The minimum Gasteiger partial charge on any atom is -0.467 e. The molecular formula is C20H30N4O2. The first-order valence-electron chi connectivity index (χ1n) is 9.59. The largest absolute Gasteiger partial charge is 0.467 e. The Balaban J connectivity index is 1.79. The second kappa shape index (κ2) is 8.08. The van der Waals surface area contributed by atoms with Crippen LogP contribution in [0.4, 0.5) is 0 Å². The fourth-order valence-corrected chi connectivity index (χ4v) is 3.59. The molecule has 0 bridgehead atoms. The molecule has 0 saturated carbocycles. The molecular weight excluding hydrogens is 328 g/mol. The van der Waals surface area contributed by atoms with E-state index in [9.17, 15) is 4.79 Å². The van der Waals surface area contributed by atoms with Crippen molar-refractivity contribution in [3.63, 3.8) is 0 Å². The van der Waals surface area contributed by atoms with E-state index >= 15 is 0 Å². The summed E-state index contributed by atoms with van der Waals surface area (Å²) in [6.07, 6.45) is 4.58. The standard InChI is InChI=1S/C20H30N4O2/c1-5-24-18-9-8-15(21-12-14(2)3)11-17(18)19(22-24)20(25)23(4)13-16-7-6-10-26-16/h6-7,10,14-15,21H,5,8-9,11-13H2,1-4H3.